The average Bonchev–Trinajstić information content (AvgIpc) is 2.88. The number of hydrogen-bond acceptors (Lipinski definition) is 5. The Morgan fingerprint density at radius 3 is 2.48 bits per heavy atom. The molecule has 2 rings (SSSR count). The third-order valence-electron chi connectivity index (χ3n) is 3.35. The van der Waals surface area contributed by atoms with Gasteiger partial charge >= 0.3 is 0 Å². The first-order valence-corrected chi connectivity index (χ1v) is 8.80. The van der Waals surface area contributed by atoms with Gasteiger partial charge in [0.05, 0.1) is 10.4 Å². The number of aromatic nitrogens is 1. The molecule has 5 nitrogen and oxygen atoms in total. The molecule has 1 heterocycles. The predicted octanol–water partition coefficient (Wildman–Crippen LogP) is 2.56. The molecular weight excluding hydrogens is 306 g/mol. The minimum absolute atomic E-state index is 0.174. The highest BCUT2D eigenvalue weighted by Gasteiger charge is 2.30. The zero-order valence-corrected chi connectivity index (χ0v) is 14.1. The molecule has 0 bridgehead atoms. The van der Waals surface area contributed by atoms with Crippen LogP contribution < -0.4 is 10.5 Å². The second-order valence-electron chi connectivity index (χ2n) is 5.52. The van der Waals surface area contributed by atoms with Gasteiger partial charge in [0.25, 0.3) is 0 Å². The molecule has 21 heavy (non-hydrogen) atoms. The lowest BCUT2D eigenvalue weighted by molar-refractivity contribution is 0.470. The summed E-state index contributed by atoms with van der Waals surface area (Å²) in [5.41, 5.74) is 7.32. The Labute approximate surface area is 129 Å². The van der Waals surface area contributed by atoms with E-state index < -0.39 is 15.6 Å². The lowest BCUT2D eigenvalue weighted by Crippen LogP contribution is -2.40. The van der Waals surface area contributed by atoms with Crippen LogP contribution in [0.15, 0.2) is 28.6 Å². The zero-order valence-electron chi connectivity index (χ0n) is 12.5. The first kappa shape index (κ1) is 15.9. The summed E-state index contributed by atoms with van der Waals surface area (Å²) in [5.74, 6) is 0. The van der Waals surface area contributed by atoms with Crippen molar-refractivity contribution >= 4 is 27.0 Å². The summed E-state index contributed by atoms with van der Waals surface area (Å²) < 4.78 is 27.8. The average molecular weight is 325 g/mol. The van der Waals surface area contributed by atoms with Crippen LogP contribution in [0.3, 0.4) is 0 Å². The summed E-state index contributed by atoms with van der Waals surface area (Å²) >= 11 is 1.41. The van der Waals surface area contributed by atoms with E-state index in [1.807, 2.05) is 19.2 Å². The molecule has 0 radical (unpaired) electrons. The van der Waals surface area contributed by atoms with Crippen molar-refractivity contribution in [2.45, 2.75) is 38.1 Å². The van der Waals surface area contributed by atoms with E-state index in [0.29, 0.717) is 10.7 Å². The van der Waals surface area contributed by atoms with Crippen LogP contribution in [0, 0.1) is 13.8 Å². The van der Waals surface area contributed by atoms with E-state index in [-0.39, 0.29) is 4.90 Å². The lowest BCUT2D eigenvalue weighted by atomic mass is 10.1. The quantitative estimate of drug-likeness (QED) is 0.846. The number of nitrogens with zero attached hydrogens (tertiary/aromatic N) is 1. The maximum absolute atomic E-state index is 12.6. The van der Waals surface area contributed by atoms with Crippen molar-refractivity contribution in [3.63, 3.8) is 0 Å². The highest BCUT2D eigenvalue weighted by Crippen LogP contribution is 2.27. The maximum Gasteiger partial charge on any atom is 0.241 e. The van der Waals surface area contributed by atoms with Crippen LogP contribution in [0.4, 0.5) is 5.69 Å². The number of sulfonamides is 1. The van der Waals surface area contributed by atoms with Gasteiger partial charge in [-0.25, -0.2) is 13.4 Å². The normalized spacial score (nSPS) is 12.6. The van der Waals surface area contributed by atoms with E-state index in [1.54, 1.807) is 26.1 Å². The minimum atomic E-state index is -3.67. The summed E-state index contributed by atoms with van der Waals surface area (Å²) in [7, 11) is -3.67. The molecule has 0 aliphatic carbocycles. The summed E-state index contributed by atoms with van der Waals surface area (Å²) in [4.78, 5) is 4.36. The molecule has 0 spiro atoms. The van der Waals surface area contributed by atoms with E-state index >= 15 is 0 Å². The van der Waals surface area contributed by atoms with Crippen molar-refractivity contribution < 1.29 is 8.42 Å². The Bertz CT molecular complexity index is 728. The SMILES string of the molecule is Cc1cc(S(=O)(=O)NC(C)(C)c2nccs2)cc(N)c1C. The molecule has 1 aromatic heterocycles. The molecule has 0 fully saturated rings. The number of aryl methyl sites for hydroxylation is 1. The Morgan fingerprint density at radius 1 is 1.29 bits per heavy atom. The fraction of sp³-hybridized carbons (Fsp3) is 0.357. The van der Waals surface area contributed by atoms with Gasteiger partial charge in [-0.1, -0.05) is 0 Å². The standard InChI is InChI=1S/C14H19N3O2S2/c1-9-7-11(8-12(15)10(9)2)21(18,19)17-14(3,4)13-16-5-6-20-13/h5-8,17H,15H2,1-4H3. The molecule has 0 saturated heterocycles. The van der Waals surface area contributed by atoms with Gasteiger partial charge in [0, 0.05) is 17.3 Å². The fourth-order valence-corrected chi connectivity index (χ4v) is 4.26. The van der Waals surface area contributed by atoms with Gasteiger partial charge in [-0.15, -0.1) is 11.3 Å². The lowest BCUT2D eigenvalue weighted by Gasteiger charge is -2.24. The highest BCUT2D eigenvalue weighted by atomic mass is 32.2. The number of benzene rings is 1. The van der Waals surface area contributed by atoms with Crippen molar-refractivity contribution in [3.8, 4) is 0 Å². The summed E-state index contributed by atoms with van der Waals surface area (Å²) in [6.45, 7) is 7.28. The molecule has 0 atom stereocenters. The molecule has 7 heteroatoms. The molecule has 0 aliphatic rings. The van der Waals surface area contributed by atoms with Crippen LogP contribution in [0.25, 0.3) is 0 Å². The number of anilines is 1. The zero-order chi connectivity index (χ0) is 15.8. The largest absolute Gasteiger partial charge is 0.398 e. The predicted molar refractivity (Wildman–Crippen MR) is 85.8 cm³/mol. The van der Waals surface area contributed by atoms with Crippen LogP contribution in [0.1, 0.15) is 30.0 Å². The number of thiazole rings is 1. The van der Waals surface area contributed by atoms with Crippen LogP contribution in [-0.2, 0) is 15.6 Å². The Hall–Kier alpha value is -1.44. The Balaban J connectivity index is 2.40. The van der Waals surface area contributed by atoms with E-state index in [0.717, 1.165) is 11.1 Å². The van der Waals surface area contributed by atoms with Gasteiger partial charge in [-0.3, -0.25) is 0 Å². The topological polar surface area (TPSA) is 85.1 Å². The van der Waals surface area contributed by atoms with Crippen molar-refractivity contribution in [2.75, 3.05) is 5.73 Å². The second-order valence-corrected chi connectivity index (χ2v) is 8.10. The molecule has 1 aromatic carbocycles. The highest BCUT2D eigenvalue weighted by molar-refractivity contribution is 7.89. The van der Waals surface area contributed by atoms with E-state index in [9.17, 15) is 8.42 Å². The van der Waals surface area contributed by atoms with Crippen molar-refractivity contribution in [1.82, 2.24) is 9.71 Å². The molecule has 114 valence electrons. The summed E-state index contributed by atoms with van der Waals surface area (Å²) in [6, 6.07) is 3.12. The van der Waals surface area contributed by atoms with Crippen molar-refractivity contribution in [2.24, 2.45) is 0 Å². The molecule has 0 unspecified atom stereocenters. The second kappa shape index (κ2) is 5.40. The number of nitrogens with one attached hydrogen (secondary N) is 1. The minimum Gasteiger partial charge on any atom is -0.398 e. The van der Waals surface area contributed by atoms with Crippen molar-refractivity contribution in [1.29, 1.82) is 0 Å². The molecule has 3 N–H and O–H groups in total. The van der Waals surface area contributed by atoms with Crippen molar-refractivity contribution in [3.05, 3.63) is 39.8 Å². The van der Waals surface area contributed by atoms with Crippen LogP contribution in [-0.4, -0.2) is 13.4 Å². The van der Waals surface area contributed by atoms with Gasteiger partial charge in [0.2, 0.25) is 10.0 Å². The summed E-state index contributed by atoms with van der Waals surface area (Å²) in [5, 5.41) is 2.53. The number of nitrogen functional groups attached to an aromatic ring is 1. The van der Waals surface area contributed by atoms with Gasteiger partial charge in [0.15, 0.2) is 0 Å². The third-order valence-corrected chi connectivity index (χ3v) is 6.08. The van der Waals surface area contributed by atoms with Crippen LogP contribution in [0.2, 0.25) is 0 Å². The van der Waals surface area contributed by atoms with Crippen LogP contribution in [0.5, 0.6) is 0 Å². The number of nitrogens with two attached hydrogens (primary N) is 1. The molecular formula is C14H19N3O2S2. The van der Waals surface area contributed by atoms with Gasteiger partial charge < -0.3 is 5.73 Å². The van der Waals surface area contributed by atoms with Gasteiger partial charge in [-0.2, -0.15) is 4.72 Å². The first-order valence-electron chi connectivity index (χ1n) is 6.44. The van der Waals surface area contributed by atoms with Gasteiger partial charge in [0.1, 0.15) is 5.01 Å². The summed E-state index contributed by atoms with van der Waals surface area (Å²) in [6.07, 6.45) is 1.66. The Kier molecular flexibility index (Phi) is 4.10. The van der Waals surface area contributed by atoms with E-state index in [4.69, 9.17) is 5.73 Å². The third kappa shape index (κ3) is 3.25. The fourth-order valence-electron chi connectivity index (χ4n) is 1.98. The van der Waals surface area contributed by atoms with E-state index in [1.165, 1.54) is 17.4 Å². The van der Waals surface area contributed by atoms with Gasteiger partial charge in [-0.05, 0) is 51.0 Å². The molecule has 0 amide bonds. The molecule has 0 saturated carbocycles. The smallest absolute Gasteiger partial charge is 0.241 e. The van der Waals surface area contributed by atoms with E-state index in [2.05, 4.69) is 9.71 Å². The number of hydrogen-bond donors (Lipinski definition) is 2. The Morgan fingerprint density at radius 2 is 1.95 bits per heavy atom. The molecule has 0 aliphatic heterocycles. The first-order chi connectivity index (χ1) is 9.63. The monoisotopic (exact) mass is 325 g/mol. The maximum atomic E-state index is 12.6. The number of rotatable bonds is 4. The van der Waals surface area contributed by atoms with Crippen LogP contribution >= 0.6 is 11.3 Å². The molecule has 2 aromatic rings.